The summed E-state index contributed by atoms with van der Waals surface area (Å²) in [6.07, 6.45) is 6.37. The van der Waals surface area contributed by atoms with Crippen molar-refractivity contribution < 1.29 is 115 Å². The largest absolute Gasteiger partial charge is 0.469 e. The van der Waals surface area contributed by atoms with Gasteiger partial charge in [-0.05, 0) is 179 Å². The number of hydrogen-bond acceptors (Lipinski definition) is 26. The maximum Gasteiger partial charge on any atom is 0.312 e. The molecule has 8 aromatic carbocycles. The van der Waals surface area contributed by atoms with Gasteiger partial charge in [0, 0.05) is 72.6 Å². The molecule has 0 spiro atoms. The summed E-state index contributed by atoms with van der Waals surface area (Å²) in [5.74, 6) is -2.71. The molecule has 8 aromatic rings. The summed E-state index contributed by atoms with van der Waals surface area (Å²) in [6, 6.07) is 77.0. The van der Waals surface area contributed by atoms with Crippen molar-refractivity contribution >= 4 is 59.7 Å². The second-order valence-corrected chi connectivity index (χ2v) is 39.8. The molecular formula is C123H180N2O24. The fourth-order valence-corrected chi connectivity index (χ4v) is 12.8. The van der Waals surface area contributed by atoms with E-state index in [0.29, 0.717) is 58.3 Å². The van der Waals surface area contributed by atoms with Crippen LogP contribution in [0.1, 0.15) is 328 Å². The summed E-state index contributed by atoms with van der Waals surface area (Å²) in [5, 5.41) is 18.1. The minimum absolute atomic E-state index is 0.000601. The highest BCUT2D eigenvalue weighted by molar-refractivity contribution is 5.79. The Morgan fingerprint density at radius 1 is 0.262 bits per heavy atom. The number of likely N-dealkylation sites (N-methyl/N-ethyl adjacent to an activating group) is 1. The van der Waals surface area contributed by atoms with Crippen molar-refractivity contribution in [2.75, 3.05) is 96.1 Å². The van der Waals surface area contributed by atoms with Crippen molar-refractivity contribution in [2.45, 2.75) is 284 Å². The fourth-order valence-electron chi connectivity index (χ4n) is 12.8. The maximum absolute atomic E-state index is 12.3. The van der Waals surface area contributed by atoms with Crippen molar-refractivity contribution in [2.24, 2.45) is 45.3 Å². The zero-order valence-corrected chi connectivity index (χ0v) is 94.6. The van der Waals surface area contributed by atoms with E-state index < -0.39 is 45.8 Å². The molecular weight excluding hydrogens is 1890 g/mol. The number of aliphatic hydroxyl groups is 2. The van der Waals surface area contributed by atoms with E-state index >= 15 is 0 Å². The number of benzene rings is 8. The lowest BCUT2D eigenvalue weighted by Gasteiger charge is -2.26. The number of hydrogen-bond donors (Lipinski definition) is 2. The Hall–Kier alpha value is -11.8. The van der Waals surface area contributed by atoms with Crippen LogP contribution in [0, 0.1) is 45.3 Å². The smallest absolute Gasteiger partial charge is 0.312 e. The number of methoxy groups -OCH3 is 4. The number of rotatable bonds is 51. The molecule has 0 saturated heterocycles. The Labute approximate surface area is 891 Å². The molecule has 26 heteroatoms. The quantitative estimate of drug-likeness (QED) is 0.0264. The molecule has 0 heterocycles. The van der Waals surface area contributed by atoms with Crippen molar-refractivity contribution in [1.82, 2.24) is 9.80 Å². The van der Waals surface area contributed by atoms with Gasteiger partial charge in [-0.3, -0.25) is 47.9 Å². The number of carbonyl (C=O) groups excluding carboxylic acids is 10. The standard InChI is InChI=1S/C17H27NO2.C16H22O4.C16H24O3.C15H23NO2.C15H20O4.2C15H22O3.C14H20O3/c1-6-17(2,3)16(19)20-15(12-13-18(4)5)14-10-8-7-9-11-14;1-5-16(2,3)15(18)20-13(11-14(17)19-4)12-9-7-6-8-10-12;1-5-16(2,3)15(17)19-14(11-12-18-4)13-9-7-6-8-10-13;1-5-12(2)15(17)18-14(11-16(3)4)13-9-7-6-8-10-13;1-4-11(2)15(17)19-13(10-14(16)18-3)12-8-6-5-7-9-12;1-4-15(2,3)14(17)18-13(10-11-16)12-8-6-5-7-9-12;1-4-12(2)15(16)18-14(10-11-17-3)13-8-6-5-7-9-13;1-3-11(2)14(16)17-13(9-10-15)12-7-5-4-6-8-12/h7-11,15H,6,12-13H2,1-5H3;6-10,13H,5,11H2,1-4H3;6-10,14H,5,11-12H2,1-4H3;6-10,12,14H,5,11H2,1-4H3;5-9,11,13H,4,10H2,1-3H3;5-9,13,16H,4,10-11H2,1-3H3;5-9,12,14H,4,10-11H2,1-3H3;4-8,11,13,15H,3,9-10H2,1-2H3. The summed E-state index contributed by atoms with van der Waals surface area (Å²) < 4.78 is 64.0. The van der Waals surface area contributed by atoms with Gasteiger partial charge < -0.3 is 76.9 Å². The minimum atomic E-state index is -0.609. The normalized spacial score (nSPS) is 13.4. The zero-order valence-electron chi connectivity index (χ0n) is 94.6. The van der Waals surface area contributed by atoms with E-state index in [0.717, 1.165) is 96.0 Å². The lowest BCUT2D eigenvalue weighted by Crippen LogP contribution is -2.28. The second-order valence-electron chi connectivity index (χ2n) is 39.8. The van der Waals surface area contributed by atoms with Crippen LogP contribution in [-0.2, 0) is 105 Å². The first kappa shape index (κ1) is 135. The molecule has 0 fully saturated rings. The summed E-state index contributed by atoms with van der Waals surface area (Å²) >= 11 is 0. The molecule has 0 aliphatic carbocycles. The first-order chi connectivity index (χ1) is 70.8. The van der Waals surface area contributed by atoms with Gasteiger partial charge in [0.25, 0.3) is 0 Å². The van der Waals surface area contributed by atoms with Crippen LogP contribution in [0.3, 0.4) is 0 Å². The third-order valence-corrected chi connectivity index (χ3v) is 25.7. The van der Waals surface area contributed by atoms with Crippen LogP contribution in [0.4, 0.5) is 0 Å². The van der Waals surface area contributed by atoms with Gasteiger partial charge in [-0.25, -0.2) is 0 Å². The molecule has 0 saturated carbocycles. The second kappa shape index (κ2) is 75.8. The average molecular weight is 2070 g/mol. The van der Waals surface area contributed by atoms with E-state index in [1.165, 1.54) is 14.2 Å². The van der Waals surface area contributed by atoms with E-state index in [1.807, 2.05) is 414 Å². The van der Waals surface area contributed by atoms with Crippen LogP contribution in [0.5, 0.6) is 0 Å². The topological polar surface area (TPSA) is 328 Å². The van der Waals surface area contributed by atoms with Crippen molar-refractivity contribution in [3.63, 3.8) is 0 Å². The van der Waals surface area contributed by atoms with Crippen LogP contribution in [0.2, 0.25) is 0 Å². The van der Waals surface area contributed by atoms with Gasteiger partial charge in [0.1, 0.15) is 48.8 Å². The molecule has 26 nitrogen and oxygen atoms in total. The lowest BCUT2D eigenvalue weighted by molar-refractivity contribution is -0.164. The van der Waals surface area contributed by atoms with Crippen LogP contribution < -0.4 is 0 Å². The van der Waals surface area contributed by atoms with E-state index in [4.69, 9.17) is 57.6 Å². The van der Waals surface area contributed by atoms with E-state index in [2.05, 4.69) is 14.4 Å². The predicted molar refractivity (Wildman–Crippen MR) is 588 cm³/mol. The third kappa shape index (κ3) is 55.0. The molecule has 0 aliphatic heterocycles. The molecule has 2 N–H and O–H groups in total. The number of carbonyl (C=O) groups is 10. The fraction of sp³-hybridized carbons (Fsp3) is 0.528. The molecule has 0 aromatic heterocycles. The molecule has 12 atom stereocenters. The Morgan fingerprint density at radius 3 is 0.658 bits per heavy atom. The summed E-state index contributed by atoms with van der Waals surface area (Å²) in [4.78, 5) is 123. The van der Waals surface area contributed by atoms with Crippen molar-refractivity contribution in [3.05, 3.63) is 287 Å². The van der Waals surface area contributed by atoms with Crippen LogP contribution in [0.15, 0.2) is 243 Å². The zero-order chi connectivity index (χ0) is 112. The molecule has 8 rings (SSSR count). The highest BCUT2D eigenvalue weighted by atomic mass is 16.6. The SMILES string of the molecule is CCC(C)(C)C(=O)OC(CC(=O)OC)c1ccccc1.CCC(C)(C)C(=O)OC(CCN(C)C)c1ccccc1.CCC(C)(C)C(=O)OC(CCO)c1ccccc1.CCC(C)(C)C(=O)OC(CCOC)c1ccccc1.CCC(C)C(=O)OC(CC(=O)OC)c1ccccc1.CCC(C)C(=O)OC(CCO)c1ccccc1.CCC(C)C(=O)OC(CCOC)c1ccccc1.CCC(C)C(=O)OC(CN(C)C)c1ccccc1. The maximum atomic E-state index is 12.3. The number of nitrogens with zero attached hydrogens (tertiary/aromatic N) is 2. The van der Waals surface area contributed by atoms with Gasteiger partial charge in [-0.1, -0.05) is 326 Å². The first-order valence-electron chi connectivity index (χ1n) is 52.5. The Kier molecular flexibility index (Phi) is 68.8. The molecule has 0 radical (unpaired) electrons. The molecule has 0 amide bonds. The Bertz CT molecular complexity index is 4900. The van der Waals surface area contributed by atoms with Gasteiger partial charge >= 0.3 is 59.7 Å². The summed E-state index contributed by atoms with van der Waals surface area (Å²) in [7, 11) is 14.0. The minimum Gasteiger partial charge on any atom is -0.469 e. The Balaban J connectivity index is 0.000000852. The van der Waals surface area contributed by atoms with Gasteiger partial charge in [-0.15, -0.1) is 0 Å². The number of ether oxygens (including phenoxy) is 12. The molecule has 149 heavy (non-hydrogen) atoms. The van der Waals surface area contributed by atoms with Gasteiger partial charge in [0.2, 0.25) is 0 Å². The molecule has 12 unspecified atom stereocenters. The molecule has 0 aliphatic rings. The average Bonchev–Trinajstić information content (AvgIpc) is 0.863. The van der Waals surface area contributed by atoms with Crippen molar-refractivity contribution in [3.8, 4) is 0 Å². The van der Waals surface area contributed by atoms with Crippen molar-refractivity contribution in [1.29, 1.82) is 0 Å². The van der Waals surface area contributed by atoms with E-state index in [9.17, 15) is 47.9 Å². The first-order valence-corrected chi connectivity index (χ1v) is 52.5. The molecule has 0 bridgehead atoms. The highest BCUT2D eigenvalue weighted by Gasteiger charge is 2.36. The van der Waals surface area contributed by atoms with Crippen LogP contribution in [0.25, 0.3) is 0 Å². The van der Waals surface area contributed by atoms with Gasteiger partial charge in [-0.2, -0.15) is 0 Å². The summed E-state index contributed by atoms with van der Waals surface area (Å²) in [6.45, 7) is 41.0. The van der Waals surface area contributed by atoms with Gasteiger partial charge in [0.15, 0.2) is 0 Å². The highest BCUT2D eigenvalue weighted by Crippen LogP contribution is 2.36. The van der Waals surface area contributed by atoms with Crippen LogP contribution >= 0.6 is 0 Å². The van der Waals surface area contributed by atoms with Gasteiger partial charge in [0.05, 0.1) is 85.6 Å². The molecule has 826 valence electrons. The predicted octanol–water partition coefficient (Wildman–Crippen LogP) is 25.6. The van der Waals surface area contributed by atoms with Crippen LogP contribution in [-0.4, -0.2) is 176 Å². The third-order valence-electron chi connectivity index (χ3n) is 25.7. The summed E-state index contributed by atoms with van der Waals surface area (Å²) in [5.41, 5.74) is 5.66. The van der Waals surface area contributed by atoms with E-state index in [-0.39, 0.29) is 134 Å². The monoisotopic (exact) mass is 2070 g/mol. The lowest BCUT2D eigenvalue weighted by atomic mass is 9.90. The Morgan fingerprint density at radius 2 is 0.450 bits per heavy atom. The number of aliphatic hydroxyl groups excluding tert-OH is 2. The van der Waals surface area contributed by atoms with E-state index in [1.54, 1.807) is 14.2 Å². The number of esters is 10.